The number of ether oxygens (including phenoxy) is 1. The summed E-state index contributed by atoms with van der Waals surface area (Å²) in [6.45, 7) is 4.53. The van der Waals surface area contributed by atoms with Gasteiger partial charge in [0.1, 0.15) is 0 Å². The Labute approximate surface area is 62.2 Å². The second kappa shape index (κ2) is 15.9. The van der Waals surface area contributed by atoms with Crippen molar-refractivity contribution in [3.05, 3.63) is 0 Å². The summed E-state index contributed by atoms with van der Waals surface area (Å²) in [4.78, 5) is 0. The Balaban J connectivity index is 0. The molecule has 0 aliphatic carbocycles. The van der Waals surface area contributed by atoms with Gasteiger partial charge in [-0.15, -0.1) is 0 Å². The lowest BCUT2D eigenvalue weighted by Crippen LogP contribution is -2.07. The molecule has 0 heterocycles. The van der Waals surface area contributed by atoms with E-state index in [1.165, 1.54) is 0 Å². The van der Waals surface area contributed by atoms with Crippen LogP contribution in [0.1, 0.15) is 6.92 Å². The summed E-state index contributed by atoms with van der Waals surface area (Å²) in [5.41, 5.74) is 9.87. The molecule has 0 amide bonds. The molecule has 0 radical (unpaired) electrons. The van der Waals surface area contributed by atoms with E-state index in [0.717, 1.165) is 6.61 Å². The van der Waals surface area contributed by atoms with Gasteiger partial charge in [-0.25, -0.2) is 0 Å². The van der Waals surface area contributed by atoms with E-state index in [4.69, 9.17) is 21.3 Å². The molecule has 0 rings (SSSR count). The van der Waals surface area contributed by atoms with Crippen LogP contribution < -0.4 is 11.5 Å². The summed E-state index contributed by atoms with van der Waals surface area (Å²) < 4.78 is 4.86. The first-order valence-corrected chi connectivity index (χ1v) is 3.42. The lowest BCUT2D eigenvalue weighted by Gasteiger charge is -1.91. The molecule has 0 aliphatic heterocycles. The molecule has 5 N–H and O–H groups in total. The summed E-state index contributed by atoms with van der Waals surface area (Å²) in [6, 6.07) is 0. The Bertz CT molecular complexity index is 38.7. The van der Waals surface area contributed by atoms with E-state index in [-0.39, 0.29) is 6.61 Å². The molecule has 0 aromatic rings. The molecule has 4 heteroatoms. The SMILES string of the molecule is CCOCCN.NCCO. The van der Waals surface area contributed by atoms with Gasteiger partial charge in [0.15, 0.2) is 0 Å². The van der Waals surface area contributed by atoms with Crippen LogP contribution >= 0.6 is 0 Å². The molecule has 0 atom stereocenters. The molecular weight excluding hydrogens is 132 g/mol. The lowest BCUT2D eigenvalue weighted by atomic mass is 10.7. The molecule has 10 heavy (non-hydrogen) atoms. The molecule has 64 valence electrons. The molecule has 0 aliphatic rings. The van der Waals surface area contributed by atoms with Crippen molar-refractivity contribution in [2.45, 2.75) is 6.92 Å². The minimum atomic E-state index is 0.0972. The van der Waals surface area contributed by atoms with Crippen LogP contribution in [0.25, 0.3) is 0 Å². The van der Waals surface area contributed by atoms with Crippen LogP contribution in [0, 0.1) is 0 Å². The lowest BCUT2D eigenvalue weighted by molar-refractivity contribution is 0.155. The first kappa shape index (κ1) is 12.5. The monoisotopic (exact) mass is 150 g/mol. The minimum Gasteiger partial charge on any atom is -0.395 e. The second-order valence-corrected chi connectivity index (χ2v) is 1.50. The predicted octanol–water partition coefficient (Wildman–Crippen LogP) is -1.08. The standard InChI is InChI=1S/C4H11NO.C2H7NO/c1-2-6-4-3-5;3-1-2-4/h2-5H2,1H3;4H,1-3H2. The van der Waals surface area contributed by atoms with Crippen LogP contribution in [-0.2, 0) is 4.74 Å². The van der Waals surface area contributed by atoms with Crippen molar-refractivity contribution in [3.63, 3.8) is 0 Å². The van der Waals surface area contributed by atoms with Gasteiger partial charge in [-0.1, -0.05) is 0 Å². The fourth-order valence-electron chi connectivity index (χ4n) is 0.228. The van der Waals surface area contributed by atoms with E-state index in [2.05, 4.69) is 0 Å². The van der Waals surface area contributed by atoms with E-state index < -0.39 is 0 Å². The summed E-state index contributed by atoms with van der Waals surface area (Å²) in [5.74, 6) is 0. The average molecular weight is 150 g/mol. The highest BCUT2D eigenvalue weighted by Gasteiger charge is 1.72. The Hall–Kier alpha value is -0.160. The normalized spacial score (nSPS) is 8.40. The molecule has 0 saturated heterocycles. The Kier molecular flexibility index (Phi) is 19.9. The van der Waals surface area contributed by atoms with Crippen molar-refractivity contribution < 1.29 is 9.84 Å². The van der Waals surface area contributed by atoms with Gasteiger partial charge in [0.05, 0.1) is 13.2 Å². The smallest absolute Gasteiger partial charge is 0.0588 e. The summed E-state index contributed by atoms with van der Waals surface area (Å²) in [5, 5.41) is 7.75. The van der Waals surface area contributed by atoms with Crippen molar-refractivity contribution in [2.24, 2.45) is 11.5 Å². The fraction of sp³-hybridized carbons (Fsp3) is 1.00. The molecule has 0 aromatic carbocycles. The van der Waals surface area contributed by atoms with Crippen molar-refractivity contribution in [1.82, 2.24) is 0 Å². The third kappa shape index (κ3) is 24.9. The van der Waals surface area contributed by atoms with Crippen LogP contribution in [0.3, 0.4) is 0 Å². The van der Waals surface area contributed by atoms with Crippen LogP contribution in [0.2, 0.25) is 0 Å². The Morgan fingerprint density at radius 1 is 1.30 bits per heavy atom. The zero-order chi connectivity index (χ0) is 8.24. The average Bonchev–Trinajstić information content (AvgIpc) is 2.01. The zero-order valence-corrected chi connectivity index (χ0v) is 6.55. The maximum Gasteiger partial charge on any atom is 0.0588 e. The summed E-state index contributed by atoms with van der Waals surface area (Å²) in [7, 11) is 0. The quantitative estimate of drug-likeness (QED) is 0.445. The van der Waals surface area contributed by atoms with Gasteiger partial charge in [0.2, 0.25) is 0 Å². The zero-order valence-electron chi connectivity index (χ0n) is 6.55. The van der Waals surface area contributed by atoms with Crippen molar-refractivity contribution in [2.75, 3.05) is 32.9 Å². The third-order valence-corrected chi connectivity index (χ3v) is 0.595. The van der Waals surface area contributed by atoms with Crippen LogP contribution in [0.5, 0.6) is 0 Å². The third-order valence-electron chi connectivity index (χ3n) is 0.595. The first-order valence-electron chi connectivity index (χ1n) is 3.42. The van der Waals surface area contributed by atoms with Crippen LogP contribution in [0.4, 0.5) is 0 Å². The molecule has 0 fully saturated rings. The van der Waals surface area contributed by atoms with Gasteiger partial charge >= 0.3 is 0 Å². The maximum absolute atomic E-state index is 7.75. The summed E-state index contributed by atoms with van der Waals surface area (Å²) >= 11 is 0. The number of nitrogens with two attached hydrogens (primary N) is 2. The molecule has 0 aromatic heterocycles. The molecule has 0 bridgehead atoms. The number of hydrogen-bond donors (Lipinski definition) is 3. The number of aliphatic hydroxyl groups excluding tert-OH is 1. The highest BCUT2D eigenvalue weighted by atomic mass is 16.5. The molecular formula is C6H18N2O2. The molecule has 0 unspecified atom stereocenters. The first-order chi connectivity index (χ1) is 4.83. The predicted molar refractivity (Wildman–Crippen MR) is 41.7 cm³/mol. The van der Waals surface area contributed by atoms with Crippen molar-refractivity contribution in [1.29, 1.82) is 0 Å². The van der Waals surface area contributed by atoms with Gasteiger partial charge in [-0.05, 0) is 6.92 Å². The number of rotatable bonds is 4. The molecule has 0 spiro atoms. The molecule has 4 nitrogen and oxygen atoms in total. The fourth-order valence-corrected chi connectivity index (χ4v) is 0.228. The Morgan fingerprint density at radius 2 is 1.80 bits per heavy atom. The highest BCUT2D eigenvalue weighted by molar-refractivity contribution is 4.25. The van der Waals surface area contributed by atoms with Crippen molar-refractivity contribution in [3.8, 4) is 0 Å². The minimum absolute atomic E-state index is 0.0972. The van der Waals surface area contributed by atoms with E-state index in [0.29, 0.717) is 19.7 Å². The van der Waals surface area contributed by atoms with Gasteiger partial charge in [-0.3, -0.25) is 0 Å². The largest absolute Gasteiger partial charge is 0.395 e. The second-order valence-electron chi connectivity index (χ2n) is 1.50. The van der Waals surface area contributed by atoms with E-state index >= 15 is 0 Å². The van der Waals surface area contributed by atoms with E-state index in [9.17, 15) is 0 Å². The topological polar surface area (TPSA) is 81.5 Å². The number of hydrogen-bond acceptors (Lipinski definition) is 4. The molecule has 0 saturated carbocycles. The van der Waals surface area contributed by atoms with Gasteiger partial charge in [0, 0.05) is 19.7 Å². The van der Waals surface area contributed by atoms with Crippen LogP contribution in [0.15, 0.2) is 0 Å². The van der Waals surface area contributed by atoms with E-state index in [1.807, 2.05) is 6.92 Å². The van der Waals surface area contributed by atoms with E-state index in [1.54, 1.807) is 0 Å². The Morgan fingerprint density at radius 3 is 1.90 bits per heavy atom. The van der Waals surface area contributed by atoms with Gasteiger partial charge < -0.3 is 21.3 Å². The highest BCUT2D eigenvalue weighted by Crippen LogP contribution is 1.64. The van der Waals surface area contributed by atoms with Gasteiger partial charge in [0.25, 0.3) is 0 Å². The van der Waals surface area contributed by atoms with Crippen molar-refractivity contribution >= 4 is 0 Å². The van der Waals surface area contributed by atoms with Gasteiger partial charge in [-0.2, -0.15) is 0 Å². The maximum atomic E-state index is 7.75. The number of aliphatic hydroxyl groups is 1. The summed E-state index contributed by atoms with van der Waals surface area (Å²) in [6.07, 6.45) is 0. The van der Waals surface area contributed by atoms with Crippen LogP contribution in [-0.4, -0.2) is 38.0 Å².